The summed E-state index contributed by atoms with van der Waals surface area (Å²) in [6.45, 7) is 4.24. The minimum absolute atomic E-state index is 0.231. The van der Waals surface area contributed by atoms with Gasteiger partial charge >= 0.3 is 0 Å². The Kier molecular flexibility index (Phi) is 6.24. The van der Waals surface area contributed by atoms with Crippen LogP contribution in [-0.4, -0.2) is 23.9 Å². The molecule has 1 aromatic rings. The van der Waals surface area contributed by atoms with Crippen LogP contribution in [0.3, 0.4) is 0 Å². The lowest BCUT2D eigenvalue weighted by atomic mass is 9.87. The summed E-state index contributed by atoms with van der Waals surface area (Å²) in [6, 6.07) is 8.53. The molecule has 0 aliphatic heterocycles. The van der Waals surface area contributed by atoms with Crippen molar-refractivity contribution in [3.05, 3.63) is 35.4 Å². The van der Waals surface area contributed by atoms with E-state index < -0.39 is 0 Å². The van der Waals surface area contributed by atoms with E-state index in [0.29, 0.717) is 6.54 Å². The fourth-order valence-corrected chi connectivity index (χ4v) is 3.23. The second kappa shape index (κ2) is 8.18. The highest BCUT2D eigenvalue weighted by Crippen LogP contribution is 2.26. The Labute approximate surface area is 128 Å². The third-order valence-electron chi connectivity index (χ3n) is 4.48. The Morgan fingerprint density at radius 3 is 2.48 bits per heavy atom. The average molecular weight is 288 g/mol. The van der Waals surface area contributed by atoms with Crippen molar-refractivity contribution in [2.24, 2.45) is 11.7 Å². The molecule has 0 aromatic heterocycles. The van der Waals surface area contributed by atoms with E-state index >= 15 is 0 Å². The molecule has 0 heterocycles. The molecule has 1 fully saturated rings. The number of primary amides is 1. The Bertz CT molecular complexity index is 435. The van der Waals surface area contributed by atoms with Crippen LogP contribution >= 0.6 is 0 Å². The molecule has 116 valence electrons. The highest BCUT2D eigenvalue weighted by Gasteiger charge is 2.16. The first-order valence-electron chi connectivity index (χ1n) is 8.19. The van der Waals surface area contributed by atoms with Crippen molar-refractivity contribution in [3.8, 4) is 0 Å². The van der Waals surface area contributed by atoms with Crippen LogP contribution in [-0.2, 0) is 11.3 Å². The maximum absolute atomic E-state index is 11.3. The predicted molar refractivity (Wildman–Crippen MR) is 86.8 cm³/mol. The summed E-state index contributed by atoms with van der Waals surface area (Å²) in [5.74, 6) is 0.609. The number of carbonyl (C=O) groups excluding carboxylic acids is 1. The molecule has 1 aliphatic rings. The van der Waals surface area contributed by atoms with Gasteiger partial charge in [-0.2, -0.15) is 0 Å². The van der Waals surface area contributed by atoms with Crippen molar-refractivity contribution < 1.29 is 4.79 Å². The number of nitrogens with two attached hydrogens (primary N) is 1. The lowest BCUT2D eigenvalue weighted by Gasteiger charge is -2.26. The third kappa shape index (κ3) is 5.88. The van der Waals surface area contributed by atoms with Crippen molar-refractivity contribution >= 4 is 5.91 Å². The van der Waals surface area contributed by atoms with Crippen molar-refractivity contribution in [1.82, 2.24) is 4.90 Å². The number of rotatable bonds is 7. The lowest BCUT2D eigenvalue weighted by molar-refractivity contribution is -0.119. The third-order valence-corrected chi connectivity index (χ3v) is 4.48. The average Bonchev–Trinajstić information content (AvgIpc) is 2.48. The molecule has 0 bridgehead atoms. The number of carbonyl (C=O) groups is 1. The number of nitrogens with zero attached hydrogens (tertiary/aromatic N) is 1. The molecule has 21 heavy (non-hydrogen) atoms. The molecule has 1 aromatic carbocycles. The van der Waals surface area contributed by atoms with E-state index in [-0.39, 0.29) is 5.91 Å². The van der Waals surface area contributed by atoms with Crippen LogP contribution in [0.15, 0.2) is 24.3 Å². The molecular formula is C18H28N2O. The molecule has 1 aliphatic carbocycles. The van der Waals surface area contributed by atoms with Gasteiger partial charge in [0.1, 0.15) is 0 Å². The van der Waals surface area contributed by atoms with E-state index in [2.05, 4.69) is 36.1 Å². The second-order valence-corrected chi connectivity index (χ2v) is 6.46. The standard InChI is InChI=1S/C18H28N2O/c1-15-7-9-17(10-8-15)13-20(14-18(19)21)12-11-16-5-3-2-4-6-16/h7-10,16H,2-6,11-14H2,1H3,(H2,19,21). The number of hydrogen-bond acceptors (Lipinski definition) is 2. The number of aryl methyl sites for hydroxylation is 1. The summed E-state index contributed by atoms with van der Waals surface area (Å²) >= 11 is 0. The summed E-state index contributed by atoms with van der Waals surface area (Å²) in [4.78, 5) is 13.5. The van der Waals surface area contributed by atoms with Crippen LogP contribution in [0.5, 0.6) is 0 Å². The molecule has 0 unspecified atom stereocenters. The van der Waals surface area contributed by atoms with Gasteiger partial charge in [0.05, 0.1) is 6.54 Å². The zero-order valence-corrected chi connectivity index (χ0v) is 13.2. The summed E-state index contributed by atoms with van der Waals surface area (Å²) in [6.07, 6.45) is 8.05. The summed E-state index contributed by atoms with van der Waals surface area (Å²) in [5.41, 5.74) is 7.92. The Balaban J connectivity index is 1.87. The van der Waals surface area contributed by atoms with E-state index in [4.69, 9.17) is 5.73 Å². The number of amides is 1. The van der Waals surface area contributed by atoms with Gasteiger partial charge in [0.2, 0.25) is 5.91 Å². The van der Waals surface area contributed by atoms with Crippen LogP contribution in [0.4, 0.5) is 0 Å². The SMILES string of the molecule is Cc1ccc(CN(CCC2CCCCC2)CC(N)=O)cc1. The van der Waals surface area contributed by atoms with Crippen LogP contribution in [0.2, 0.25) is 0 Å². The smallest absolute Gasteiger partial charge is 0.231 e. The van der Waals surface area contributed by atoms with Gasteiger partial charge in [0, 0.05) is 6.54 Å². The Morgan fingerprint density at radius 2 is 1.86 bits per heavy atom. The van der Waals surface area contributed by atoms with Crippen molar-refractivity contribution in [2.75, 3.05) is 13.1 Å². The van der Waals surface area contributed by atoms with Gasteiger partial charge in [0.15, 0.2) is 0 Å². The fourth-order valence-electron chi connectivity index (χ4n) is 3.23. The molecule has 1 saturated carbocycles. The molecule has 0 spiro atoms. The highest BCUT2D eigenvalue weighted by molar-refractivity contribution is 5.75. The largest absolute Gasteiger partial charge is 0.369 e. The van der Waals surface area contributed by atoms with Crippen LogP contribution < -0.4 is 5.73 Å². The van der Waals surface area contributed by atoms with Gasteiger partial charge in [0.25, 0.3) is 0 Å². The molecule has 3 heteroatoms. The molecular weight excluding hydrogens is 260 g/mol. The molecule has 0 saturated heterocycles. The summed E-state index contributed by atoms with van der Waals surface area (Å²) in [7, 11) is 0. The molecule has 0 atom stereocenters. The van der Waals surface area contributed by atoms with Crippen LogP contribution in [0, 0.1) is 12.8 Å². The molecule has 2 N–H and O–H groups in total. The normalized spacial score (nSPS) is 16.3. The number of benzene rings is 1. The maximum atomic E-state index is 11.3. The maximum Gasteiger partial charge on any atom is 0.231 e. The first kappa shape index (κ1) is 16.0. The van der Waals surface area contributed by atoms with E-state index in [1.807, 2.05) is 0 Å². The van der Waals surface area contributed by atoms with Crippen LogP contribution in [0.25, 0.3) is 0 Å². The topological polar surface area (TPSA) is 46.3 Å². The summed E-state index contributed by atoms with van der Waals surface area (Å²) in [5, 5.41) is 0. The molecule has 1 amide bonds. The fraction of sp³-hybridized carbons (Fsp3) is 0.611. The quantitative estimate of drug-likeness (QED) is 0.837. The predicted octanol–water partition coefficient (Wildman–Crippen LogP) is 3.25. The van der Waals surface area contributed by atoms with Gasteiger partial charge in [-0.1, -0.05) is 61.9 Å². The Hall–Kier alpha value is -1.35. The molecule has 0 radical (unpaired) electrons. The molecule has 2 rings (SSSR count). The van der Waals surface area contributed by atoms with Crippen molar-refractivity contribution in [2.45, 2.75) is 52.0 Å². The van der Waals surface area contributed by atoms with Gasteiger partial charge in [-0.3, -0.25) is 9.69 Å². The minimum atomic E-state index is -0.231. The number of hydrogen-bond donors (Lipinski definition) is 1. The van der Waals surface area contributed by atoms with E-state index in [1.165, 1.54) is 49.7 Å². The van der Waals surface area contributed by atoms with E-state index in [9.17, 15) is 4.79 Å². The van der Waals surface area contributed by atoms with Crippen molar-refractivity contribution in [1.29, 1.82) is 0 Å². The zero-order valence-electron chi connectivity index (χ0n) is 13.2. The van der Waals surface area contributed by atoms with Gasteiger partial charge in [-0.25, -0.2) is 0 Å². The Morgan fingerprint density at radius 1 is 1.19 bits per heavy atom. The van der Waals surface area contributed by atoms with Crippen LogP contribution in [0.1, 0.15) is 49.7 Å². The highest BCUT2D eigenvalue weighted by atomic mass is 16.1. The zero-order chi connectivity index (χ0) is 15.1. The minimum Gasteiger partial charge on any atom is -0.369 e. The van der Waals surface area contributed by atoms with Gasteiger partial charge in [-0.05, 0) is 31.4 Å². The first-order valence-corrected chi connectivity index (χ1v) is 8.19. The molecule has 3 nitrogen and oxygen atoms in total. The van der Waals surface area contributed by atoms with Crippen molar-refractivity contribution in [3.63, 3.8) is 0 Å². The van der Waals surface area contributed by atoms with Gasteiger partial charge in [-0.15, -0.1) is 0 Å². The van der Waals surface area contributed by atoms with Gasteiger partial charge < -0.3 is 5.73 Å². The first-order chi connectivity index (χ1) is 10.1. The van der Waals surface area contributed by atoms with E-state index in [0.717, 1.165) is 19.0 Å². The monoisotopic (exact) mass is 288 g/mol. The van der Waals surface area contributed by atoms with E-state index in [1.54, 1.807) is 0 Å². The summed E-state index contributed by atoms with van der Waals surface area (Å²) < 4.78 is 0. The second-order valence-electron chi connectivity index (χ2n) is 6.46. The lowest BCUT2D eigenvalue weighted by Crippen LogP contribution is -2.35.